The van der Waals surface area contributed by atoms with Gasteiger partial charge in [-0.25, -0.2) is 0 Å². The lowest BCUT2D eigenvalue weighted by Crippen LogP contribution is -2.28. The number of rotatable bonds is 3. The largest absolute Gasteiger partial charge is 0.495 e. The van der Waals surface area contributed by atoms with Crippen LogP contribution in [0.3, 0.4) is 0 Å². The van der Waals surface area contributed by atoms with E-state index in [1.807, 2.05) is 61.5 Å². The number of amides is 1. The van der Waals surface area contributed by atoms with Gasteiger partial charge in [0.1, 0.15) is 11.8 Å². The van der Waals surface area contributed by atoms with Crippen LogP contribution in [0.25, 0.3) is 0 Å². The topological polar surface area (TPSA) is 79.3 Å². The summed E-state index contributed by atoms with van der Waals surface area (Å²) >= 11 is 5.71. The Hall–Kier alpha value is -3.08. The van der Waals surface area contributed by atoms with Gasteiger partial charge in [-0.2, -0.15) is 5.26 Å². The second-order valence-electron chi connectivity index (χ2n) is 6.71. The summed E-state index contributed by atoms with van der Waals surface area (Å²) in [6.45, 7) is 1.98. The third-order valence-electron chi connectivity index (χ3n) is 4.81. The number of thioether (sulfide) groups is 1. The van der Waals surface area contributed by atoms with Gasteiger partial charge in [-0.05, 0) is 48.4 Å². The molecule has 7 heteroatoms. The highest BCUT2D eigenvalue weighted by atomic mass is 32.2. The first kappa shape index (κ1) is 22.6. The summed E-state index contributed by atoms with van der Waals surface area (Å²) in [5.74, 6) is 1.06. The van der Waals surface area contributed by atoms with Gasteiger partial charge in [0.15, 0.2) is 0 Å². The van der Waals surface area contributed by atoms with E-state index in [-0.39, 0.29) is 5.91 Å². The number of carbonyl (C=O) groups is 1. The van der Waals surface area contributed by atoms with Crippen LogP contribution >= 0.6 is 24.4 Å². The standard InChI is InChI=1S/C18H16N2O2S.C6H7NS/c1-3-12-8-13(9-14(10-19)17(12)22-2)18(21)20-11-23-16-7-5-4-6-15(16)20;7-5-3-1-2-4-6(5)8/h4-9H,3,11H2,1-2H3;1-4,8H,7H2. The number of thiol groups is 1. The molecule has 2 N–H and O–H groups in total. The number of methoxy groups -OCH3 is 1. The molecule has 0 fully saturated rings. The van der Waals surface area contributed by atoms with E-state index >= 15 is 0 Å². The van der Waals surface area contributed by atoms with Crippen LogP contribution < -0.4 is 15.4 Å². The smallest absolute Gasteiger partial charge is 0.259 e. The lowest BCUT2D eigenvalue weighted by molar-refractivity contribution is 0.0991. The van der Waals surface area contributed by atoms with E-state index < -0.39 is 0 Å². The number of carbonyl (C=O) groups excluding carboxylic acids is 1. The summed E-state index contributed by atoms with van der Waals surface area (Å²) in [5.41, 5.74) is 8.89. The van der Waals surface area contributed by atoms with Crippen molar-refractivity contribution in [2.24, 2.45) is 0 Å². The van der Waals surface area contributed by atoms with Gasteiger partial charge in [0.2, 0.25) is 0 Å². The van der Waals surface area contributed by atoms with Crippen molar-refractivity contribution in [3.05, 3.63) is 77.4 Å². The van der Waals surface area contributed by atoms with E-state index in [4.69, 9.17) is 10.5 Å². The van der Waals surface area contributed by atoms with Crippen molar-refractivity contribution in [2.45, 2.75) is 23.1 Å². The summed E-state index contributed by atoms with van der Waals surface area (Å²) in [6, 6.07) is 20.9. The minimum absolute atomic E-state index is 0.0868. The SMILES string of the molecule is CCc1cc(C(=O)N2CSc3ccccc32)cc(C#N)c1OC.Nc1ccccc1S. The fourth-order valence-corrected chi connectivity index (χ4v) is 4.40. The molecule has 31 heavy (non-hydrogen) atoms. The van der Waals surface area contributed by atoms with Gasteiger partial charge in [-0.3, -0.25) is 9.69 Å². The Bertz CT molecular complexity index is 1120. The molecule has 3 aromatic rings. The zero-order valence-electron chi connectivity index (χ0n) is 17.3. The molecule has 0 spiro atoms. The maximum absolute atomic E-state index is 12.9. The van der Waals surface area contributed by atoms with E-state index in [0.29, 0.717) is 29.2 Å². The average Bonchev–Trinajstić information content (AvgIpc) is 3.24. The van der Waals surface area contributed by atoms with Gasteiger partial charge in [-0.15, -0.1) is 24.4 Å². The van der Waals surface area contributed by atoms with Gasteiger partial charge >= 0.3 is 0 Å². The predicted octanol–water partition coefficient (Wildman–Crippen LogP) is 5.40. The first-order valence-electron chi connectivity index (χ1n) is 9.68. The molecule has 4 rings (SSSR count). The van der Waals surface area contributed by atoms with Gasteiger partial charge in [0.25, 0.3) is 5.91 Å². The number of nitrogen functional groups attached to an aromatic ring is 1. The minimum Gasteiger partial charge on any atom is -0.495 e. The number of ether oxygens (including phenoxy) is 1. The predicted molar refractivity (Wildman–Crippen MR) is 129 cm³/mol. The zero-order valence-corrected chi connectivity index (χ0v) is 19.0. The lowest BCUT2D eigenvalue weighted by Gasteiger charge is -2.18. The molecular weight excluding hydrogens is 426 g/mol. The minimum atomic E-state index is -0.0868. The van der Waals surface area contributed by atoms with Gasteiger partial charge in [0, 0.05) is 21.0 Å². The van der Waals surface area contributed by atoms with E-state index in [1.165, 1.54) is 0 Å². The maximum atomic E-state index is 12.9. The maximum Gasteiger partial charge on any atom is 0.259 e. The van der Waals surface area contributed by atoms with Gasteiger partial charge < -0.3 is 10.5 Å². The Balaban J connectivity index is 0.000000287. The lowest BCUT2D eigenvalue weighted by atomic mass is 10.0. The molecule has 1 aliphatic heterocycles. The Kier molecular flexibility index (Phi) is 7.50. The van der Waals surface area contributed by atoms with Crippen molar-refractivity contribution >= 4 is 41.7 Å². The summed E-state index contributed by atoms with van der Waals surface area (Å²) in [4.78, 5) is 16.6. The van der Waals surface area contributed by atoms with Crippen molar-refractivity contribution in [1.82, 2.24) is 0 Å². The van der Waals surface area contributed by atoms with E-state index in [1.54, 1.807) is 29.8 Å². The van der Waals surface area contributed by atoms with Crippen molar-refractivity contribution in [3.8, 4) is 11.8 Å². The second-order valence-corrected chi connectivity index (χ2v) is 8.18. The second kappa shape index (κ2) is 10.3. The fraction of sp³-hybridized carbons (Fsp3) is 0.167. The molecule has 0 aliphatic carbocycles. The number of nitrogens with zero attached hydrogens (tertiary/aromatic N) is 2. The molecule has 0 aromatic heterocycles. The van der Waals surface area contributed by atoms with Crippen molar-refractivity contribution in [3.63, 3.8) is 0 Å². The molecule has 0 saturated heterocycles. The third kappa shape index (κ3) is 4.98. The van der Waals surface area contributed by atoms with E-state index in [9.17, 15) is 10.1 Å². The Morgan fingerprint density at radius 3 is 2.55 bits per heavy atom. The number of hydrogen-bond donors (Lipinski definition) is 2. The van der Waals surface area contributed by atoms with Gasteiger partial charge in [0.05, 0.1) is 24.2 Å². The number of para-hydroxylation sites is 2. The number of nitrogens with two attached hydrogens (primary N) is 1. The average molecular weight is 450 g/mol. The molecule has 0 radical (unpaired) electrons. The molecule has 1 heterocycles. The van der Waals surface area contributed by atoms with Crippen molar-refractivity contribution in [2.75, 3.05) is 23.6 Å². The number of fused-ring (bicyclic) bond motifs is 1. The summed E-state index contributed by atoms with van der Waals surface area (Å²) in [6.07, 6.45) is 0.699. The van der Waals surface area contributed by atoms with Crippen molar-refractivity contribution in [1.29, 1.82) is 5.26 Å². The molecule has 3 aromatic carbocycles. The number of anilines is 2. The van der Waals surface area contributed by atoms with Gasteiger partial charge in [-0.1, -0.05) is 31.2 Å². The molecule has 0 bridgehead atoms. The Labute approximate surface area is 192 Å². The molecule has 1 aliphatic rings. The molecule has 1 amide bonds. The highest BCUT2D eigenvalue weighted by molar-refractivity contribution is 8.00. The first-order chi connectivity index (χ1) is 15.0. The normalized spacial score (nSPS) is 11.7. The number of benzene rings is 3. The summed E-state index contributed by atoms with van der Waals surface area (Å²) in [5, 5.41) is 9.34. The summed E-state index contributed by atoms with van der Waals surface area (Å²) in [7, 11) is 1.55. The molecule has 158 valence electrons. The van der Waals surface area contributed by atoms with Crippen LogP contribution in [0.1, 0.15) is 28.4 Å². The van der Waals surface area contributed by atoms with Crippen LogP contribution in [0.5, 0.6) is 5.75 Å². The highest BCUT2D eigenvalue weighted by Crippen LogP contribution is 2.39. The monoisotopic (exact) mass is 449 g/mol. The Morgan fingerprint density at radius 2 is 1.94 bits per heavy atom. The quantitative estimate of drug-likeness (QED) is 0.414. The van der Waals surface area contributed by atoms with Crippen LogP contribution in [0.15, 0.2) is 70.5 Å². The van der Waals surface area contributed by atoms with Crippen LogP contribution in [0.2, 0.25) is 0 Å². The summed E-state index contributed by atoms with van der Waals surface area (Å²) < 4.78 is 5.32. The third-order valence-corrected chi connectivity index (χ3v) is 6.26. The number of aryl methyl sites for hydroxylation is 1. The number of nitriles is 1. The van der Waals surface area contributed by atoms with Crippen molar-refractivity contribution < 1.29 is 9.53 Å². The van der Waals surface area contributed by atoms with Crippen LogP contribution in [0.4, 0.5) is 11.4 Å². The number of hydrogen-bond acceptors (Lipinski definition) is 6. The Morgan fingerprint density at radius 1 is 1.23 bits per heavy atom. The van der Waals surface area contributed by atoms with E-state index in [0.717, 1.165) is 26.7 Å². The molecule has 0 atom stereocenters. The fourth-order valence-electron chi connectivity index (χ4n) is 3.22. The van der Waals surface area contributed by atoms with Crippen LogP contribution in [0, 0.1) is 11.3 Å². The molecule has 5 nitrogen and oxygen atoms in total. The van der Waals surface area contributed by atoms with Crippen LogP contribution in [-0.4, -0.2) is 18.9 Å². The zero-order chi connectivity index (χ0) is 22.4. The van der Waals surface area contributed by atoms with E-state index in [2.05, 4.69) is 18.7 Å². The first-order valence-corrected chi connectivity index (χ1v) is 11.1. The molecule has 0 saturated carbocycles. The molecular formula is C24H23N3O2S2. The highest BCUT2D eigenvalue weighted by Gasteiger charge is 2.27. The van der Waals surface area contributed by atoms with Crippen LogP contribution in [-0.2, 0) is 6.42 Å². The molecule has 0 unspecified atom stereocenters.